The third-order valence-electron chi connectivity index (χ3n) is 3.05. The molecule has 86 valence electrons. The Kier molecular flexibility index (Phi) is 4.27. The van der Waals surface area contributed by atoms with Crippen LogP contribution in [-0.4, -0.2) is 10.1 Å². The predicted octanol–water partition coefficient (Wildman–Crippen LogP) is 2.63. The zero-order valence-corrected chi connectivity index (χ0v) is 10.0. The Balaban J connectivity index is 2.75. The molecule has 0 bridgehead atoms. The number of nitrogens with zero attached hydrogens (tertiary/aromatic N) is 2. The zero-order chi connectivity index (χ0) is 11.4. The van der Waals surface area contributed by atoms with Gasteiger partial charge in [-0.3, -0.25) is 0 Å². The minimum absolute atomic E-state index is 0.139. The van der Waals surface area contributed by atoms with E-state index in [9.17, 15) is 0 Å². The monoisotopic (exact) mass is 211 g/mol. The van der Waals surface area contributed by atoms with Crippen molar-refractivity contribution in [3.63, 3.8) is 0 Å². The highest BCUT2D eigenvalue weighted by molar-refractivity contribution is 4.97. The van der Waals surface area contributed by atoms with Crippen LogP contribution in [0.3, 0.4) is 0 Å². The van der Waals surface area contributed by atoms with Crippen molar-refractivity contribution in [1.82, 2.24) is 10.1 Å². The van der Waals surface area contributed by atoms with Crippen LogP contribution < -0.4 is 5.73 Å². The van der Waals surface area contributed by atoms with Crippen molar-refractivity contribution in [2.75, 3.05) is 0 Å². The number of hydrogen-bond donors (Lipinski definition) is 1. The van der Waals surface area contributed by atoms with Crippen molar-refractivity contribution in [2.45, 2.75) is 52.5 Å². The Labute approximate surface area is 91.2 Å². The lowest BCUT2D eigenvalue weighted by Crippen LogP contribution is -2.18. The van der Waals surface area contributed by atoms with Gasteiger partial charge >= 0.3 is 0 Å². The molecule has 0 amide bonds. The molecule has 0 saturated heterocycles. The van der Waals surface area contributed by atoms with Gasteiger partial charge in [0.15, 0.2) is 5.82 Å². The van der Waals surface area contributed by atoms with E-state index in [2.05, 4.69) is 37.8 Å². The molecule has 0 spiro atoms. The molecule has 15 heavy (non-hydrogen) atoms. The van der Waals surface area contributed by atoms with Gasteiger partial charge in [0.05, 0.1) is 6.04 Å². The first kappa shape index (κ1) is 12.2. The second kappa shape index (κ2) is 5.26. The van der Waals surface area contributed by atoms with Crippen LogP contribution in [0.15, 0.2) is 4.52 Å². The van der Waals surface area contributed by atoms with Gasteiger partial charge < -0.3 is 10.3 Å². The quantitative estimate of drug-likeness (QED) is 0.813. The summed E-state index contributed by atoms with van der Waals surface area (Å²) in [6.45, 7) is 8.40. The molecule has 0 fully saturated rings. The Morgan fingerprint density at radius 3 is 2.47 bits per heavy atom. The van der Waals surface area contributed by atoms with E-state index in [1.165, 1.54) is 0 Å². The highest BCUT2D eigenvalue weighted by atomic mass is 16.5. The van der Waals surface area contributed by atoms with Gasteiger partial charge in [0.25, 0.3) is 0 Å². The smallest absolute Gasteiger partial charge is 0.243 e. The van der Waals surface area contributed by atoms with E-state index in [0.717, 1.165) is 18.7 Å². The Morgan fingerprint density at radius 1 is 1.27 bits per heavy atom. The van der Waals surface area contributed by atoms with Crippen LogP contribution in [0.25, 0.3) is 0 Å². The second-order valence-corrected chi connectivity index (χ2v) is 4.21. The molecule has 4 heteroatoms. The summed E-state index contributed by atoms with van der Waals surface area (Å²) in [5.41, 5.74) is 6.01. The van der Waals surface area contributed by atoms with Crippen molar-refractivity contribution >= 4 is 0 Å². The van der Waals surface area contributed by atoms with E-state index in [1.54, 1.807) is 0 Å². The third kappa shape index (κ3) is 2.78. The van der Waals surface area contributed by atoms with Gasteiger partial charge in [0.1, 0.15) is 0 Å². The Bertz CT molecular complexity index is 298. The normalized spacial score (nSPS) is 17.4. The minimum Gasteiger partial charge on any atom is -0.338 e. The van der Waals surface area contributed by atoms with Crippen LogP contribution >= 0.6 is 0 Å². The first-order valence-electron chi connectivity index (χ1n) is 5.69. The van der Waals surface area contributed by atoms with E-state index < -0.39 is 0 Å². The minimum atomic E-state index is -0.139. The molecular weight excluding hydrogens is 190 g/mol. The topological polar surface area (TPSA) is 64.9 Å². The number of rotatable bonds is 5. The molecule has 0 aliphatic rings. The number of aromatic nitrogens is 2. The highest BCUT2D eigenvalue weighted by Crippen LogP contribution is 2.22. The van der Waals surface area contributed by atoms with Crippen LogP contribution in [-0.2, 0) is 0 Å². The average Bonchev–Trinajstić information content (AvgIpc) is 2.75. The molecule has 0 aliphatic carbocycles. The zero-order valence-electron chi connectivity index (χ0n) is 10.0. The first-order valence-corrected chi connectivity index (χ1v) is 5.69. The van der Waals surface area contributed by atoms with E-state index in [0.29, 0.717) is 17.7 Å². The van der Waals surface area contributed by atoms with Crippen LogP contribution in [0.2, 0.25) is 0 Å². The molecule has 1 rings (SSSR count). The molecule has 1 heterocycles. The summed E-state index contributed by atoms with van der Waals surface area (Å²) in [5, 5.41) is 3.96. The fourth-order valence-electron chi connectivity index (χ4n) is 1.26. The van der Waals surface area contributed by atoms with Gasteiger partial charge in [-0.25, -0.2) is 0 Å². The van der Waals surface area contributed by atoms with Crippen LogP contribution in [0.1, 0.15) is 64.2 Å². The fourth-order valence-corrected chi connectivity index (χ4v) is 1.26. The summed E-state index contributed by atoms with van der Waals surface area (Å²) in [4.78, 5) is 4.35. The lowest BCUT2D eigenvalue weighted by molar-refractivity contribution is 0.309. The van der Waals surface area contributed by atoms with Crippen LogP contribution in [0.4, 0.5) is 0 Å². The summed E-state index contributed by atoms with van der Waals surface area (Å²) in [7, 11) is 0. The van der Waals surface area contributed by atoms with Gasteiger partial charge in [-0.15, -0.1) is 0 Å². The standard InChI is InChI=1S/C11H21N3O/c1-5-7(3)9(12)11-13-10(14-15-11)8(4)6-2/h7-9H,5-6,12H2,1-4H3/t7-,8?,9-/m0/s1. The molecule has 0 aliphatic heterocycles. The SMILES string of the molecule is CCC(C)c1noc([C@@H](N)[C@@H](C)CC)n1. The van der Waals surface area contributed by atoms with Crippen molar-refractivity contribution in [1.29, 1.82) is 0 Å². The van der Waals surface area contributed by atoms with E-state index in [1.807, 2.05) is 0 Å². The summed E-state index contributed by atoms with van der Waals surface area (Å²) in [5.74, 6) is 2.05. The predicted molar refractivity (Wildman–Crippen MR) is 59.4 cm³/mol. The van der Waals surface area contributed by atoms with Crippen LogP contribution in [0, 0.1) is 5.92 Å². The maximum atomic E-state index is 6.01. The lowest BCUT2D eigenvalue weighted by atomic mass is 10.0. The Morgan fingerprint density at radius 2 is 1.93 bits per heavy atom. The molecule has 1 unspecified atom stereocenters. The highest BCUT2D eigenvalue weighted by Gasteiger charge is 2.21. The summed E-state index contributed by atoms with van der Waals surface area (Å²) in [6.07, 6.45) is 2.03. The van der Waals surface area contributed by atoms with Gasteiger partial charge in [0, 0.05) is 5.92 Å². The van der Waals surface area contributed by atoms with Crippen molar-refractivity contribution in [3.8, 4) is 0 Å². The van der Waals surface area contributed by atoms with Gasteiger partial charge in [-0.1, -0.05) is 39.3 Å². The van der Waals surface area contributed by atoms with Gasteiger partial charge in [-0.05, 0) is 12.3 Å². The molecule has 2 N–H and O–H groups in total. The Hall–Kier alpha value is -0.900. The molecule has 3 atom stereocenters. The maximum absolute atomic E-state index is 6.01. The largest absolute Gasteiger partial charge is 0.338 e. The van der Waals surface area contributed by atoms with Gasteiger partial charge in [-0.2, -0.15) is 4.98 Å². The summed E-state index contributed by atoms with van der Waals surface area (Å²) in [6, 6.07) is -0.139. The van der Waals surface area contributed by atoms with Crippen molar-refractivity contribution in [3.05, 3.63) is 11.7 Å². The summed E-state index contributed by atoms with van der Waals surface area (Å²) < 4.78 is 5.19. The maximum Gasteiger partial charge on any atom is 0.243 e. The molecule has 0 aromatic carbocycles. The van der Waals surface area contributed by atoms with E-state index in [-0.39, 0.29) is 6.04 Å². The van der Waals surface area contributed by atoms with Crippen molar-refractivity contribution < 1.29 is 4.52 Å². The van der Waals surface area contributed by atoms with Crippen molar-refractivity contribution in [2.24, 2.45) is 11.7 Å². The van der Waals surface area contributed by atoms with Gasteiger partial charge in [0.2, 0.25) is 5.89 Å². The molecule has 4 nitrogen and oxygen atoms in total. The average molecular weight is 211 g/mol. The lowest BCUT2D eigenvalue weighted by Gasteiger charge is -2.13. The molecule has 1 aromatic heterocycles. The fraction of sp³-hybridized carbons (Fsp3) is 0.818. The third-order valence-corrected chi connectivity index (χ3v) is 3.05. The first-order chi connectivity index (χ1) is 7.10. The number of nitrogens with two attached hydrogens (primary N) is 1. The molecule has 0 radical (unpaired) electrons. The summed E-state index contributed by atoms with van der Waals surface area (Å²) >= 11 is 0. The van der Waals surface area contributed by atoms with Crippen LogP contribution in [0.5, 0.6) is 0 Å². The van der Waals surface area contributed by atoms with E-state index in [4.69, 9.17) is 10.3 Å². The molecule has 0 saturated carbocycles. The molecular formula is C11H21N3O. The van der Waals surface area contributed by atoms with E-state index >= 15 is 0 Å². The molecule has 1 aromatic rings. The number of hydrogen-bond acceptors (Lipinski definition) is 4. The second-order valence-electron chi connectivity index (χ2n) is 4.21.